The van der Waals surface area contributed by atoms with Crippen LogP contribution in [0.5, 0.6) is 0 Å². The number of carbonyl (C=O) groups excluding carboxylic acids is 1. The molecule has 7 heteroatoms. The molecule has 2 aromatic carbocycles. The lowest BCUT2D eigenvalue weighted by Crippen LogP contribution is -2.28. The molecule has 0 aliphatic carbocycles. The maximum absolute atomic E-state index is 12.4. The van der Waals surface area contributed by atoms with Crippen LogP contribution in [-0.2, 0) is 11.3 Å². The number of nitrogens with zero attached hydrogens (tertiary/aromatic N) is 2. The van der Waals surface area contributed by atoms with Crippen LogP contribution in [0.3, 0.4) is 0 Å². The fourth-order valence-corrected chi connectivity index (χ4v) is 3.74. The molecule has 0 spiro atoms. The molecule has 0 aliphatic heterocycles. The number of benzene rings is 2. The third kappa shape index (κ3) is 3.99. The second kappa shape index (κ2) is 8.23. The zero-order valence-corrected chi connectivity index (χ0v) is 15.7. The van der Waals surface area contributed by atoms with Crippen molar-refractivity contribution in [3.05, 3.63) is 58.5 Å². The first-order valence-electron chi connectivity index (χ1n) is 8.65. The van der Waals surface area contributed by atoms with E-state index in [4.69, 9.17) is 0 Å². The van der Waals surface area contributed by atoms with Gasteiger partial charge >= 0.3 is 5.69 Å². The molecule has 0 unspecified atom stereocenters. The van der Waals surface area contributed by atoms with E-state index < -0.39 is 0 Å². The first kappa shape index (κ1) is 18.3. The smallest absolute Gasteiger partial charge is 0.343 e. The van der Waals surface area contributed by atoms with E-state index in [9.17, 15) is 9.59 Å². The predicted molar refractivity (Wildman–Crippen MR) is 104 cm³/mol. The highest BCUT2D eigenvalue weighted by Crippen LogP contribution is 2.24. The lowest BCUT2D eigenvalue weighted by atomic mass is 10.00. The van der Waals surface area contributed by atoms with E-state index in [-0.39, 0.29) is 23.4 Å². The van der Waals surface area contributed by atoms with Crippen LogP contribution in [0.1, 0.15) is 31.9 Å². The van der Waals surface area contributed by atoms with Gasteiger partial charge in [0, 0.05) is 6.54 Å². The number of H-pyrrole nitrogens is 1. The molecule has 0 bridgehead atoms. The van der Waals surface area contributed by atoms with Crippen LogP contribution in [0.4, 0.5) is 0 Å². The van der Waals surface area contributed by atoms with Crippen molar-refractivity contribution in [3.63, 3.8) is 0 Å². The quantitative estimate of drug-likeness (QED) is 0.626. The van der Waals surface area contributed by atoms with Crippen LogP contribution in [0, 0.1) is 0 Å². The Balaban J connectivity index is 1.65. The van der Waals surface area contributed by atoms with Crippen molar-refractivity contribution < 1.29 is 4.79 Å². The molecule has 0 saturated heterocycles. The number of nitrogens with one attached hydrogen (secondary N) is 2. The SMILES string of the molecule is CCCn1c(SCC(=O)N[C@H](C)c2cccc3ccccc23)n[nH]c1=O. The van der Waals surface area contributed by atoms with E-state index in [0.717, 1.165) is 22.8 Å². The van der Waals surface area contributed by atoms with Crippen molar-refractivity contribution in [2.24, 2.45) is 0 Å². The van der Waals surface area contributed by atoms with Gasteiger partial charge < -0.3 is 5.32 Å². The Morgan fingerprint density at radius 3 is 2.85 bits per heavy atom. The van der Waals surface area contributed by atoms with Crippen molar-refractivity contribution in [2.45, 2.75) is 38.0 Å². The Morgan fingerprint density at radius 1 is 1.27 bits per heavy atom. The Kier molecular flexibility index (Phi) is 5.78. The molecular formula is C19H22N4O2S. The predicted octanol–water partition coefficient (Wildman–Crippen LogP) is 3.10. The third-order valence-corrected chi connectivity index (χ3v) is 5.15. The molecule has 2 N–H and O–H groups in total. The zero-order chi connectivity index (χ0) is 18.5. The van der Waals surface area contributed by atoms with Gasteiger partial charge in [0.25, 0.3) is 0 Å². The van der Waals surface area contributed by atoms with Crippen molar-refractivity contribution in [2.75, 3.05) is 5.75 Å². The summed E-state index contributed by atoms with van der Waals surface area (Å²) in [5.41, 5.74) is 0.850. The lowest BCUT2D eigenvalue weighted by molar-refractivity contribution is -0.119. The molecule has 26 heavy (non-hydrogen) atoms. The number of hydrogen-bond donors (Lipinski definition) is 2. The first-order chi connectivity index (χ1) is 12.6. The van der Waals surface area contributed by atoms with Crippen molar-refractivity contribution in [1.82, 2.24) is 20.1 Å². The second-order valence-corrected chi connectivity index (χ2v) is 7.05. The fourth-order valence-electron chi connectivity index (χ4n) is 2.95. The summed E-state index contributed by atoms with van der Waals surface area (Å²) in [5, 5.41) is 12.3. The number of aromatic amines is 1. The first-order valence-corrected chi connectivity index (χ1v) is 9.63. The average Bonchev–Trinajstić information content (AvgIpc) is 3.00. The number of rotatable bonds is 7. The number of aromatic nitrogens is 3. The molecule has 0 aliphatic rings. The number of carbonyl (C=O) groups is 1. The minimum absolute atomic E-state index is 0.0890. The summed E-state index contributed by atoms with van der Waals surface area (Å²) in [6.07, 6.45) is 0.831. The van der Waals surface area contributed by atoms with Crippen LogP contribution < -0.4 is 11.0 Å². The molecule has 0 radical (unpaired) electrons. The van der Waals surface area contributed by atoms with Gasteiger partial charge in [0.2, 0.25) is 5.91 Å². The highest BCUT2D eigenvalue weighted by molar-refractivity contribution is 7.99. The molecule has 1 aromatic heterocycles. The topological polar surface area (TPSA) is 79.8 Å². The normalized spacial score (nSPS) is 12.2. The largest absolute Gasteiger partial charge is 0.349 e. The molecule has 1 amide bonds. The van der Waals surface area contributed by atoms with Crippen LogP contribution in [0.2, 0.25) is 0 Å². The van der Waals surface area contributed by atoms with Gasteiger partial charge in [0.1, 0.15) is 0 Å². The van der Waals surface area contributed by atoms with Gasteiger partial charge in [-0.05, 0) is 29.7 Å². The monoisotopic (exact) mass is 370 g/mol. The van der Waals surface area contributed by atoms with Crippen molar-refractivity contribution in [1.29, 1.82) is 0 Å². The molecule has 3 aromatic rings. The molecule has 1 heterocycles. The van der Waals surface area contributed by atoms with Gasteiger partial charge in [-0.25, -0.2) is 9.89 Å². The summed E-state index contributed by atoms with van der Waals surface area (Å²) in [7, 11) is 0. The Bertz CT molecular complexity index is 958. The molecule has 0 saturated carbocycles. The molecule has 0 fully saturated rings. The van der Waals surface area contributed by atoms with Crippen molar-refractivity contribution in [3.8, 4) is 0 Å². The van der Waals surface area contributed by atoms with Gasteiger partial charge in [0.05, 0.1) is 11.8 Å². The number of thioether (sulfide) groups is 1. The summed E-state index contributed by atoms with van der Waals surface area (Å²) < 4.78 is 1.56. The Labute approximate surface area is 156 Å². The van der Waals surface area contributed by atoms with E-state index in [0.29, 0.717) is 11.7 Å². The minimum Gasteiger partial charge on any atom is -0.349 e. The van der Waals surface area contributed by atoms with Gasteiger partial charge in [-0.3, -0.25) is 9.36 Å². The summed E-state index contributed by atoms with van der Waals surface area (Å²) in [4.78, 5) is 24.0. The van der Waals surface area contributed by atoms with Gasteiger partial charge in [-0.1, -0.05) is 61.2 Å². The summed E-state index contributed by atoms with van der Waals surface area (Å²) in [6.45, 7) is 4.56. The Hall–Kier alpha value is -2.54. The number of hydrogen-bond acceptors (Lipinski definition) is 4. The van der Waals surface area contributed by atoms with Gasteiger partial charge in [0.15, 0.2) is 5.16 Å². The van der Waals surface area contributed by atoms with Gasteiger partial charge in [-0.15, -0.1) is 5.10 Å². The summed E-state index contributed by atoms with van der Waals surface area (Å²) in [5.74, 6) is 0.122. The summed E-state index contributed by atoms with van der Waals surface area (Å²) >= 11 is 1.27. The van der Waals surface area contributed by atoms with Crippen LogP contribution >= 0.6 is 11.8 Å². The van der Waals surface area contributed by atoms with E-state index in [1.54, 1.807) is 4.57 Å². The zero-order valence-electron chi connectivity index (χ0n) is 14.9. The molecule has 1 atom stereocenters. The van der Waals surface area contributed by atoms with E-state index in [1.807, 2.05) is 38.1 Å². The Morgan fingerprint density at radius 2 is 2.04 bits per heavy atom. The molecular weight excluding hydrogens is 348 g/mol. The average molecular weight is 370 g/mol. The molecule has 136 valence electrons. The standard InChI is InChI=1S/C19H22N4O2S/c1-3-11-23-18(25)21-22-19(23)26-12-17(24)20-13(2)15-10-6-8-14-7-4-5-9-16(14)15/h4-10,13H,3,11-12H2,1-2H3,(H,20,24)(H,21,25)/t13-/m1/s1. The maximum Gasteiger partial charge on any atom is 0.343 e. The summed E-state index contributed by atoms with van der Waals surface area (Å²) in [6, 6.07) is 14.1. The minimum atomic E-state index is -0.237. The highest BCUT2D eigenvalue weighted by atomic mass is 32.2. The lowest BCUT2D eigenvalue weighted by Gasteiger charge is -2.16. The number of amides is 1. The number of fused-ring (bicyclic) bond motifs is 1. The van der Waals surface area contributed by atoms with Crippen LogP contribution in [0.15, 0.2) is 52.4 Å². The fraction of sp³-hybridized carbons (Fsp3) is 0.316. The molecule has 3 rings (SSSR count). The van der Waals surface area contributed by atoms with E-state index in [2.05, 4.69) is 33.7 Å². The van der Waals surface area contributed by atoms with Crippen LogP contribution in [-0.4, -0.2) is 26.4 Å². The maximum atomic E-state index is 12.4. The van der Waals surface area contributed by atoms with E-state index in [1.165, 1.54) is 11.8 Å². The second-order valence-electron chi connectivity index (χ2n) is 6.11. The van der Waals surface area contributed by atoms with Crippen LogP contribution in [0.25, 0.3) is 10.8 Å². The van der Waals surface area contributed by atoms with E-state index >= 15 is 0 Å². The van der Waals surface area contributed by atoms with Crippen molar-refractivity contribution >= 4 is 28.4 Å². The van der Waals surface area contributed by atoms with Gasteiger partial charge in [-0.2, -0.15) is 0 Å². The molecule has 6 nitrogen and oxygen atoms in total. The highest BCUT2D eigenvalue weighted by Gasteiger charge is 2.14. The third-order valence-electron chi connectivity index (χ3n) is 4.17.